The summed E-state index contributed by atoms with van der Waals surface area (Å²) in [5, 5.41) is -2.23. The Morgan fingerprint density at radius 1 is 0.368 bits per heavy atom. The maximum atomic E-state index is 10.1. The number of benzene rings is 9. The molecule has 0 unspecified atom stereocenters. The maximum Gasteiger partial charge on any atom is 0.0645 e. The molecule has 57 heavy (non-hydrogen) atoms. The molecular weight excluding hydrogens is 709 g/mol. The summed E-state index contributed by atoms with van der Waals surface area (Å²) in [6.45, 7) is 0. The van der Waals surface area contributed by atoms with Gasteiger partial charge in [0.15, 0.2) is 0 Å². The van der Waals surface area contributed by atoms with Crippen LogP contribution in [0.1, 0.15) is 49.3 Å². The summed E-state index contributed by atoms with van der Waals surface area (Å²) >= 11 is 0.358. The van der Waals surface area contributed by atoms with Gasteiger partial charge >= 0.3 is 0 Å². The van der Waals surface area contributed by atoms with E-state index in [1.807, 2.05) is 0 Å². The van der Waals surface area contributed by atoms with Gasteiger partial charge in [0.1, 0.15) is 0 Å². The first-order valence-corrected chi connectivity index (χ1v) is 17.3. The molecule has 0 saturated heterocycles. The molecule has 0 atom stereocenters. The third-order valence-electron chi connectivity index (χ3n) is 8.62. The quantitative estimate of drug-likeness (QED) is 0.156. The molecule has 0 N–H and O–H groups in total. The van der Waals surface area contributed by atoms with Crippen molar-refractivity contribution in [2.75, 3.05) is 4.90 Å². The van der Waals surface area contributed by atoms with E-state index in [1.165, 1.54) is 0 Å². The second-order valence-electron chi connectivity index (χ2n) is 11.8. The van der Waals surface area contributed by atoms with Gasteiger partial charge in [-0.15, -0.1) is 11.3 Å². The average Bonchev–Trinajstić information content (AvgIpc) is 1.63. The monoisotopic (exact) mass is 780 g/mol. The van der Waals surface area contributed by atoms with E-state index in [9.17, 15) is 19.2 Å². The minimum atomic E-state index is -1.37. The molecule has 2 aromatic heterocycles. The zero-order valence-corrected chi connectivity index (χ0v) is 29.1. The van der Waals surface area contributed by atoms with Gasteiger partial charge in [-0.3, -0.25) is 0 Å². The van der Waals surface area contributed by atoms with Gasteiger partial charge in [-0.05, 0) is 88.2 Å². The predicted octanol–water partition coefficient (Wildman–Crippen LogP) is 15.6. The topological polar surface area (TPSA) is 8.17 Å². The third-order valence-corrected chi connectivity index (χ3v) is 9.74. The molecule has 0 fully saturated rings. The first-order chi connectivity index (χ1) is 43.3. The fraction of sp³-hybridized carbons (Fsp3) is 0. The Morgan fingerprint density at radius 3 is 1.39 bits per heavy atom. The van der Waals surface area contributed by atoms with Crippen molar-refractivity contribution < 1.29 is 49.3 Å². The normalized spacial score (nSPS) is 20.4. The van der Waals surface area contributed by atoms with Crippen molar-refractivity contribution in [3.05, 3.63) is 218 Å². The van der Waals surface area contributed by atoms with Crippen molar-refractivity contribution in [2.45, 2.75) is 0 Å². The summed E-state index contributed by atoms with van der Waals surface area (Å²) in [7, 11) is 0. The van der Waals surface area contributed by atoms with Gasteiger partial charge in [0.25, 0.3) is 0 Å². The molecule has 0 aliphatic carbocycles. The molecule has 0 spiro atoms. The highest BCUT2D eigenvalue weighted by atomic mass is 32.1. The number of fused-ring (bicyclic) bond motifs is 6. The van der Waals surface area contributed by atoms with E-state index in [0.717, 1.165) is 0 Å². The predicted molar refractivity (Wildman–Crippen MR) is 245 cm³/mol. The number of rotatable bonds is 7. The second kappa shape index (κ2) is 13.8. The zero-order valence-electron chi connectivity index (χ0n) is 64.3. The van der Waals surface area contributed by atoms with Crippen LogP contribution >= 0.6 is 11.3 Å². The van der Waals surface area contributed by atoms with Crippen molar-refractivity contribution in [1.29, 1.82) is 0 Å². The Kier molecular flexibility index (Phi) is 3.13. The SMILES string of the molecule is [2H]c1c([2H])c([2H])c(-c2c([2H])c([2H])c(N(c3c([2H])c([2H])c(-c4c([2H])c([2H])c([2H])c([2H])c4[2H])c([2H])c3[2H])c3c([2H])c([2H])c4c(sc5c([2H])c([2H])c([2H])c([2H])c54)c3-c3c([2H])c([2H])c(-n4c5c([2H])c([2H])c([2H])c([2H])c5c5c([2H])c([2H])c([2H])c([2H])c54)c([2H])c3[2H])c([2H])c2[2H])c([2H])c1[2H]. The molecule has 0 aliphatic rings. The van der Waals surface area contributed by atoms with Crippen LogP contribution < -0.4 is 4.90 Å². The molecule has 0 saturated carbocycles. The average molecular weight is 781 g/mol. The molecule has 0 aliphatic heterocycles. The van der Waals surface area contributed by atoms with Gasteiger partial charge in [-0.25, -0.2) is 0 Å². The van der Waals surface area contributed by atoms with Gasteiger partial charge in [0.2, 0.25) is 0 Å². The molecule has 0 amide bonds. The fourth-order valence-corrected chi connectivity index (χ4v) is 7.28. The molecule has 3 heteroatoms. The summed E-state index contributed by atoms with van der Waals surface area (Å²) in [5.74, 6) is 0. The number of hydrogen-bond acceptors (Lipinski definition) is 2. The highest BCUT2D eigenvalue weighted by Crippen LogP contribution is 2.49. The third kappa shape index (κ3) is 5.71. The van der Waals surface area contributed by atoms with E-state index in [2.05, 4.69) is 0 Å². The fourth-order valence-electron chi connectivity index (χ4n) is 6.16. The Hall–Kier alpha value is -7.20. The smallest absolute Gasteiger partial charge is 0.0645 e. The minimum Gasteiger partial charge on any atom is -0.310 e. The van der Waals surface area contributed by atoms with Crippen molar-refractivity contribution >= 4 is 70.4 Å². The number of hydrogen-bond donors (Lipinski definition) is 0. The van der Waals surface area contributed by atoms with Gasteiger partial charge in [-0.1, -0.05) is 157 Å². The summed E-state index contributed by atoms with van der Waals surface area (Å²) in [5.41, 5.74) is -11.8. The Morgan fingerprint density at radius 2 is 0.825 bits per heavy atom. The van der Waals surface area contributed by atoms with Crippen molar-refractivity contribution in [2.24, 2.45) is 0 Å². The van der Waals surface area contributed by atoms with Gasteiger partial charge in [0.05, 0.1) is 66.1 Å². The van der Waals surface area contributed by atoms with Crippen molar-refractivity contribution in [3.63, 3.8) is 0 Å². The summed E-state index contributed by atoms with van der Waals surface area (Å²) in [6, 6.07) is -38.7. The van der Waals surface area contributed by atoms with E-state index in [1.54, 1.807) is 0 Å². The second-order valence-corrected chi connectivity index (χ2v) is 12.8. The van der Waals surface area contributed by atoms with Crippen LogP contribution in [-0.2, 0) is 0 Å². The molecule has 11 rings (SSSR count). The number of nitrogens with zero attached hydrogens (tertiary/aromatic N) is 2. The standard InChI is InChI=1S/C54H36N2S/c1-3-13-37(14-4-1)39-23-29-42(30-24-39)55(43-31-25-40(26-32-43)38-15-5-2-6-16-38)51-36-35-48-47-19-9-12-22-52(47)57-54(48)53(51)41-27-33-44(34-28-41)56-49-20-10-7-17-45(49)46-18-8-11-21-50(46)56/h1-36H/i1D,2D,3D,4D,5D,6D,7D,8D,9D,10D,11D,12D,13D,14D,15D,16D,17D,18D,19D,20D,21D,22D,23D,24D,25D,26D,27D,28D,29D,30D,31D,32D,33D,34D,35D,36D. The maximum absolute atomic E-state index is 10.1. The van der Waals surface area contributed by atoms with E-state index < -0.39 is 316 Å². The molecule has 0 bridgehead atoms. The van der Waals surface area contributed by atoms with Gasteiger partial charge in [-0.2, -0.15) is 0 Å². The molecule has 2 nitrogen and oxygen atoms in total. The van der Waals surface area contributed by atoms with Crippen LogP contribution in [0, 0.1) is 0 Å². The van der Waals surface area contributed by atoms with Gasteiger partial charge in [0, 0.05) is 53.6 Å². The van der Waals surface area contributed by atoms with E-state index in [-0.39, 0.29) is 0 Å². The van der Waals surface area contributed by atoms with Crippen LogP contribution in [-0.4, -0.2) is 4.57 Å². The van der Waals surface area contributed by atoms with E-state index in [4.69, 9.17) is 30.2 Å². The van der Waals surface area contributed by atoms with Crippen molar-refractivity contribution in [3.8, 4) is 39.1 Å². The lowest BCUT2D eigenvalue weighted by molar-refractivity contribution is 1.18. The van der Waals surface area contributed by atoms with Gasteiger partial charge < -0.3 is 9.47 Å². The van der Waals surface area contributed by atoms with Crippen LogP contribution in [0.25, 0.3) is 81.0 Å². The number of anilines is 3. The molecular formula is C54H36N2S. The van der Waals surface area contributed by atoms with Crippen LogP contribution in [0.2, 0.25) is 0 Å². The summed E-state index contributed by atoms with van der Waals surface area (Å²) < 4.78 is 328. The molecule has 0 radical (unpaired) electrons. The lowest BCUT2D eigenvalue weighted by atomic mass is 9.98. The van der Waals surface area contributed by atoms with Crippen LogP contribution in [0.4, 0.5) is 17.1 Å². The molecule has 9 aromatic carbocycles. The first kappa shape index (κ1) is 12.9. The Bertz CT molecular complexity index is 5000. The highest BCUT2D eigenvalue weighted by Gasteiger charge is 2.22. The number of para-hydroxylation sites is 2. The van der Waals surface area contributed by atoms with E-state index in [0.29, 0.717) is 20.8 Å². The number of aromatic nitrogens is 1. The minimum absolute atomic E-state index is 0.313. The van der Waals surface area contributed by atoms with Crippen LogP contribution in [0.5, 0.6) is 0 Å². The lowest BCUT2D eigenvalue weighted by Gasteiger charge is -2.29. The Balaban J connectivity index is 1.41. The number of thiophene rings is 1. The van der Waals surface area contributed by atoms with Crippen LogP contribution in [0.15, 0.2) is 218 Å². The van der Waals surface area contributed by atoms with E-state index >= 15 is 0 Å². The van der Waals surface area contributed by atoms with Crippen molar-refractivity contribution in [1.82, 2.24) is 4.57 Å². The summed E-state index contributed by atoms with van der Waals surface area (Å²) in [4.78, 5) is 0.313. The first-order valence-electron chi connectivity index (χ1n) is 34.5. The lowest BCUT2D eigenvalue weighted by Crippen LogP contribution is -2.11. The molecule has 11 aromatic rings. The Labute approximate surface area is 386 Å². The molecule has 268 valence electrons. The summed E-state index contributed by atoms with van der Waals surface area (Å²) in [6.07, 6.45) is 0. The van der Waals surface area contributed by atoms with Crippen LogP contribution in [0.3, 0.4) is 0 Å². The molecule has 2 heterocycles. The highest BCUT2D eigenvalue weighted by molar-refractivity contribution is 7.26. The zero-order chi connectivity index (χ0) is 69.0. The largest absolute Gasteiger partial charge is 0.310 e.